The fourth-order valence-corrected chi connectivity index (χ4v) is 4.00. The number of carbonyl (C=O) groups excluding carboxylic acids is 1. The van der Waals surface area contributed by atoms with Crippen LogP contribution in [0.1, 0.15) is 42.4 Å². The van der Waals surface area contributed by atoms with Crippen LogP contribution in [0.4, 0.5) is 0 Å². The molecule has 0 saturated carbocycles. The summed E-state index contributed by atoms with van der Waals surface area (Å²) < 4.78 is 4.28. The first kappa shape index (κ1) is 18.5. The summed E-state index contributed by atoms with van der Waals surface area (Å²) in [5.74, 6) is 2.75. The molecule has 0 aliphatic carbocycles. The highest BCUT2D eigenvalue weighted by atomic mass is 16.2. The fourth-order valence-electron chi connectivity index (χ4n) is 4.00. The molecule has 3 heterocycles. The quantitative estimate of drug-likeness (QED) is 0.663. The summed E-state index contributed by atoms with van der Waals surface area (Å²) in [5.41, 5.74) is 1.28. The third-order valence-corrected chi connectivity index (χ3v) is 5.65. The van der Waals surface area contributed by atoms with Gasteiger partial charge in [-0.05, 0) is 25.3 Å². The highest BCUT2D eigenvalue weighted by Gasteiger charge is 2.26. The molecular weight excluding hydrogens is 350 g/mol. The van der Waals surface area contributed by atoms with Crippen molar-refractivity contribution in [2.24, 2.45) is 0 Å². The Hall–Kier alpha value is -2.89. The largest absolute Gasteiger partial charge is 0.343 e. The molecule has 3 aromatic rings. The highest BCUT2D eigenvalue weighted by Crippen LogP contribution is 2.27. The maximum absolute atomic E-state index is 12.6. The van der Waals surface area contributed by atoms with Crippen LogP contribution in [0.5, 0.6) is 0 Å². The van der Waals surface area contributed by atoms with Gasteiger partial charge in [0.1, 0.15) is 11.6 Å². The molecule has 6 heteroatoms. The lowest BCUT2D eigenvalue weighted by Crippen LogP contribution is -2.38. The number of carbonyl (C=O) groups is 1. The summed E-state index contributed by atoms with van der Waals surface area (Å²) in [6.07, 6.45) is 10.1. The van der Waals surface area contributed by atoms with Gasteiger partial charge in [-0.2, -0.15) is 0 Å². The molecule has 28 heavy (non-hydrogen) atoms. The zero-order valence-corrected chi connectivity index (χ0v) is 16.4. The van der Waals surface area contributed by atoms with Crippen LogP contribution in [0, 0.1) is 6.92 Å². The van der Waals surface area contributed by atoms with Gasteiger partial charge in [0.25, 0.3) is 0 Å². The number of likely N-dealkylation sites (tertiary alicyclic amines) is 1. The first-order valence-electron chi connectivity index (χ1n) is 10.0. The van der Waals surface area contributed by atoms with E-state index in [-0.39, 0.29) is 5.91 Å². The van der Waals surface area contributed by atoms with Crippen molar-refractivity contribution < 1.29 is 4.79 Å². The summed E-state index contributed by atoms with van der Waals surface area (Å²) in [6.45, 7) is 5.13. The van der Waals surface area contributed by atoms with Crippen LogP contribution in [0.2, 0.25) is 0 Å². The molecule has 0 N–H and O–H groups in total. The number of aryl methyl sites for hydroxylation is 2. The lowest BCUT2D eigenvalue weighted by molar-refractivity contribution is -0.132. The molecule has 1 fully saturated rings. The number of benzene rings is 1. The summed E-state index contributed by atoms with van der Waals surface area (Å²) in [5, 5.41) is 0. The summed E-state index contributed by atoms with van der Waals surface area (Å²) in [6, 6.07) is 10.5. The van der Waals surface area contributed by atoms with E-state index in [4.69, 9.17) is 0 Å². The standard InChI is InChI=1S/C22H27N5O/c1-18-23-10-15-25(18)14-9-21(28)26-12-7-20(8-13-26)22-24-11-16-27(22)17-19-5-3-2-4-6-19/h2-6,10-11,15-16,20H,7-9,12-14,17H2,1H3. The average molecular weight is 377 g/mol. The van der Waals surface area contributed by atoms with Gasteiger partial charge in [-0.3, -0.25) is 4.79 Å². The fraction of sp³-hybridized carbons (Fsp3) is 0.409. The Labute approximate surface area is 165 Å². The summed E-state index contributed by atoms with van der Waals surface area (Å²) in [4.78, 5) is 23.4. The number of piperidine rings is 1. The van der Waals surface area contributed by atoms with Crippen molar-refractivity contribution in [2.45, 2.75) is 45.2 Å². The molecular formula is C22H27N5O. The van der Waals surface area contributed by atoms with Crippen molar-refractivity contribution in [2.75, 3.05) is 13.1 Å². The predicted molar refractivity (Wildman–Crippen MR) is 108 cm³/mol. The van der Waals surface area contributed by atoms with Gasteiger partial charge >= 0.3 is 0 Å². The van der Waals surface area contributed by atoms with E-state index < -0.39 is 0 Å². The van der Waals surface area contributed by atoms with Crippen LogP contribution >= 0.6 is 0 Å². The van der Waals surface area contributed by atoms with E-state index in [9.17, 15) is 4.79 Å². The second-order valence-corrected chi connectivity index (χ2v) is 7.47. The van der Waals surface area contributed by atoms with Crippen LogP contribution in [-0.4, -0.2) is 43.0 Å². The molecule has 0 unspecified atom stereocenters. The van der Waals surface area contributed by atoms with E-state index in [1.807, 2.05) is 34.9 Å². The van der Waals surface area contributed by atoms with Gasteiger partial charge < -0.3 is 14.0 Å². The van der Waals surface area contributed by atoms with Gasteiger partial charge in [0.2, 0.25) is 5.91 Å². The van der Waals surface area contributed by atoms with Gasteiger partial charge in [0.05, 0.1) is 0 Å². The molecule has 1 aliphatic heterocycles. The molecule has 1 aliphatic rings. The minimum absolute atomic E-state index is 0.235. The van der Waals surface area contributed by atoms with Crippen molar-refractivity contribution in [3.63, 3.8) is 0 Å². The lowest BCUT2D eigenvalue weighted by atomic mass is 9.95. The van der Waals surface area contributed by atoms with Crippen molar-refractivity contribution in [1.82, 2.24) is 24.0 Å². The Morgan fingerprint density at radius 2 is 1.75 bits per heavy atom. The van der Waals surface area contributed by atoms with Gasteiger partial charge in [-0.1, -0.05) is 30.3 Å². The van der Waals surface area contributed by atoms with Gasteiger partial charge in [0, 0.05) is 63.3 Å². The molecule has 0 bridgehead atoms. The molecule has 0 atom stereocenters. The van der Waals surface area contributed by atoms with E-state index in [0.29, 0.717) is 18.9 Å². The molecule has 6 nitrogen and oxygen atoms in total. The number of imidazole rings is 2. The maximum atomic E-state index is 12.6. The number of aromatic nitrogens is 4. The average Bonchev–Trinajstić information content (AvgIpc) is 3.36. The van der Waals surface area contributed by atoms with E-state index in [2.05, 4.69) is 45.0 Å². The first-order chi connectivity index (χ1) is 13.7. The van der Waals surface area contributed by atoms with Crippen molar-refractivity contribution in [1.29, 1.82) is 0 Å². The Balaban J connectivity index is 1.31. The third-order valence-electron chi connectivity index (χ3n) is 5.65. The topological polar surface area (TPSA) is 56.0 Å². The van der Waals surface area contributed by atoms with Gasteiger partial charge in [0.15, 0.2) is 0 Å². The van der Waals surface area contributed by atoms with E-state index >= 15 is 0 Å². The zero-order chi connectivity index (χ0) is 19.3. The highest BCUT2D eigenvalue weighted by molar-refractivity contribution is 5.76. The molecule has 0 spiro atoms. The monoisotopic (exact) mass is 377 g/mol. The molecule has 2 aromatic heterocycles. The van der Waals surface area contributed by atoms with Gasteiger partial charge in [-0.15, -0.1) is 0 Å². The number of hydrogen-bond acceptors (Lipinski definition) is 3. The molecule has 0 radical (unpaired) electrons. The van der Waals surface area contributed by atoms with E-state index in [0.717, 1.165) is 44.1 Å². The summed E-state index contributed by atoms with van der Waals surface area (Å²) >= 11 is 0. The lowest BCUT2D eigenvalue weighted by Gasteiger charge is -2.32. The normalized spacial score (nSPS) is 15.1. The van der Waals surface area contributed by atoms with Crippen molar-refractivity contribution in [3.05, 3.63) is 72.3 Å². The predicted octanol–water partition coefficient (Wildman–Crippen LogP) is 3.23. The second-order valence-electron chi connectivity index (χ2n) is 7.47. The zero-order valence-electron chi connectivity index (χ0n) is 16.4. The van der Waals surface area contributed by atoms with Crippen LogP contribution in [0.3, 0.4) is 0 Å². The minimum Gasteiger partial charge on any atom is -0.343 e. The second kappa shape index (κ2) is 8.42. The molecule has 1 aromatic carbocycles. The van der Waals surface area contributed by atoms with Crippen molar-refractivity contribution >= 4 is 5.91 Å². The van der Waals surface area contributed by atoms with Crippen molar-refractivity contribution in [3.8, 4) is 0 Å². The van der Waals surface area contributed by atoms with E-state index in [1.54, 1.807) is 6.20 Å². The molecule has 4 rings (SSSR count). The van der Waals surface area contributed by atoms with Crippen LogP contribution in [-0.2, 0) is 17.9 Å². The Morgan fingerprint density at radius 3 is 2.46 bits per heavy atom. The Morgan fingerprint density at radius 1 is 1.04 bits per heavy atom. The van der Waals surface area contributed by atoms with Crippen LogP contribution < -0.4 is 0 Å². The van der Waals surface area contributed by atoms with E-state index in [1.165, 1.54) is 5.56 Å². The number of nitrogens with zero attached hydrogens (tertiary/aromatic N) is 5. The smallest absolute Gasteiger partial charge is 0.224 e. The maximum Gasteiger partial charge on any atom is 0.224 e. The Kier molecular flexibility index (Phi) is 5.55. The number of hydrogen-bond donors (Lipinski definition) is 0. The molecule has 1 amide bonds. The van der Waals surface area contributed by atoms with Crippen LogP contribution in [0.25, 0.3) is 0 Å². The van der Waals surface area contributed by atoms with Gasteiger partial charge in [-0.25, -0.2) is 9.97 Å². The molecule has 1 saturated heterocycles. The molecule has 146 valence electrons. The summed E-state index contributed by atoms with van der Waals surface area (Å²) in [7, 11) is 0. The Bertz CT molecular complexity index is 906. The number of rotatable bonds is 6. The third kappa shape index (κ3) is 4.16. The first-order valence-corrected chi connectivity index (χ1v) is 10.0. The number of amides is 1. The SMILES string of the molecule is Cc1nccn1CCC(=O)N1CCC(c2nccn2Cc2ccccc2)CC1. The minimum atomic E-state index is 0.235. The van der Waals surface area contributed by atoms with Crippen LogP contribution in [0.15, 0.2) is 55.1 Å².